The molecule has 0 bridgehead atoms. The van der Waals surface area contributed by atoms with Gasteiger partial charge in [0.15, 0.2) is 5.13 Å². The van der Waals surface area contributed by atoms with Crippen LogP contribution >= 0.6 is 35.3 Å². The van der Waals surface area contributed by atoms with Crippen LogP contribution in [0.3, 0.4) is 0 Å². The van der Waals surface area contributed by atoms with Gasteiger partial charge in [0.2, 0.25) is 0 Å². The molecule has 0 unspecified atom stereocenters. The molecule has 4 rings (SSSR count). The van der Waals surface area contributed by atoms with Gasteiger partial charge in [0.1, 0.15) is 11.3 Å². The molecule has 0 atom stereocenters. The van der Waals surface area contributed by atoms with Gasteiger partial charge in [0, 0.05) is 31.0 Å². The minimum Gasteiger partial charge on any atom is -0.494 e. The number of hydrogen-bond donors (Lipinski definition) is 0. The minimum atomic E-state index is -0.0882. The first-order chi connectivity index (χ1) is 14.6. The van der Waals surface area contributed by atoms with Crippen molar-refractivity contribution in [3.8, 4) is 5.75 Å². The van der Waals surface area contributed by atoms with Gasteiger partial charge in [-0.05, 0) is 37.6 Å². The van der Waals surface area contributed by atoms with Crippen molar-refractivity contribution in [3.63, 3.8) is 0 Å². The summed E-state index contributed by atoms with van der Waals surface area (Å²) < 4.78 is 8.24. The maximum absolute atomic E-state index is 13.4. The van der Waals surface area contributed by atoms with E-state index in [-0.39, 0.29) is 18.3 Å². The molecule has 0 fully saturated rings. The maximum atomic E-state index is 13.4. The fraction of sp³-hybridized carbons (Fsp3) is 0.227. The van der Waals surface area contributed by atoms with Crippen LogP contribution in [-0.4, -0.2) is 34.1 Å². The molecule has 0 aliphatic heterocycles. The number of ether oxygens (including phenoxy) is 1. The van der Waals surface area contributed by atoms with Crippen molar-refractivity contribution in [3.05, 3.63) is 71.3 Å². The number of methoxy groups -OCH3 is 1. The van der Waals surface area contributed by atoms with Crippen molar-refractivity contribution < 1.29 is 9.53 Å². The van der Waals surface area contributed by atoms with Crippen LogP contribution in [0.4, 0.5) is 5.13 Å². The minimum absolute atomic E-state index is 0. The Labute approximate surface area is 195 Å². The molecule has 0 aliphatic rings. The third-order valence-electron chi connectivity index (χ3n) is 4.80. The van der Waals surface area contributed by atoms with Crippen LogP contribution in [0.5, 0.6) is 5.75 Å². The molecule has 2 aromatic carbocycles. The van der Waals surface area contributed by atoms with E-state index in [4.69, 9.17) is 21.3 Å². The summed E-state index contributed by atoms with van der Waals surface area (Å²) in [5.41, 5.74) is 2.40. The number of hydrogen-bond acceptors (Lipinski definition) is 5. The number of fused-ring (bicyclic) bond motifs is 1. The SMILES string of the molecule is COc1ccc(Cl)c2sc(N(CCCn3ccnc3)C(=O)c3ccc(C)cc3)nc12.Cl. The number of benzene rings is 2. The smallest absolute Gasteiger partial charge is 0.260 e. The molecule has 2 aromatic heterocycles. The van der Waals surface area contributed by atoms with Gasteiger partial charge >= 0.3 is 0 Å². The largest absolute Gasteiger partial charge is 0.494 e. The van der Waals surface area contributed by atoms with Crippen molar-refractivity contribution >= 4 is 56.6 Å². The summed E-state index contributed by atoms with van der Waals surface area (Å²) in [5, 5.41) is 1.20. The molecule has 0 N–H and O–H groups in total. The van der Waals surface area contributed by atoms with Crippen LogP contribution in [0.1, 0.15) is 22.3 Å². The molecule has 0 spiro atoms. The quantitative estimate of drug-likeness (QED) is 0.347. The molecule has 6 nitrogen and oxygen atoms in total. The van der Waals surface area contributed by atoms with Crippen molar-refractivity contribution in [1.82, 2.24) is 14.5 Å². The first-order valence-corrected chi connectivity index (χ1v) is 10.7. The van der Waals surface area contributed by atoms with E-state index in [9.17, 15) is 4.79 Å². The Bertz CT molecular complexity index is 1160. The van der Waals surface area contributed by atoms with Gasteiger partial charge in [0.25, 0.3) is 5.91 Å². The highest BCUT2D eigenvalue weighted by Crippen LogP contribution is 2.39. The Balaban J connectivity index is 0.00000272. The fourth-order valence-corrected chi connectivity index (χ4v) is 4.47. The van der Waals surface area contributed by atoms with Gasteiger partial charge in [-0.3, -0.25) is 9.69 Å². The zero-order valence-corrected chi connectivity index (χ0v) is 19.5. The molecule has 162 valence electrons. The number of halogens is 2. The van der Waals surface area contributed by atoms with E-state index < -0.39 is 0 Å². The Kier molecular flexibility index (Phi) is 7.54. The fourth-order valence-electron chi connectivity index (χ4n) is 3.19. The number of imidazole rings is 1. The van der Waals surface area contributed by atoms with Gasteiger partial charge in [-0.1, -0.05) is 40.6 Å². The molecule has 2 heterocycles. The van der Waals surface area contributed by atoms with Gasteiger partial charge in [-0.25, -0.2) is 9.97 Å². The standard InChI is InChI=1S/C22H21ClN4O2S.ClH/c1-15-4-6-16(7-5-15)21(28)27(12-3-11-26-13-10-24-14-26)22-25-19-18(29-2)9-8-17(23)20(19)30-22;/h4-10,13-14H,3,11-12H2,1-2H3;1H. The van der Waals surface area contributed by atoms with Gasteiger partial charge in [0.05, 0.1) is 23.2 Å². The second kappa shape index (κ2) is 10.1. The molecule has 0 saturated carbocycles. The monoisotopic (exact) mass is 476 g/mol. The number of aromatic nitrogens is 3. The summed E-state index contributed by atoms with van der Waals surface area (Å²) in [4.78, 5) is 23.9. The Hall–Kier alpha value is -2.61. The first-order valence-electron chi connectivity index (χ1n) is 9.54. The predicted octanol–water partition coefficient (Wildman–Crippen LogP) is 5.62. The second-order valence-corrected chi connectivity index (χ2v) is 8.29. The number of nitrogens with zero attached hydrogens (tertiary/aromatic N) is 4. The highest BCUT2D eigenvalue weighted by Gasteiger charge is 2.23. The second-order valence-electron chi connectivity index (χ2n) is 6.90. The van der Waals surface area contributed by atoms with Crippen molar-refractivity contribution in [2.45, 2.75) is 19.9 Å². The summed E-state index contributed by atoms with van der Waals surface area (Å²) in [7, 11) is 1.60. The summed E-state index contributed by atoms with van der Waals surface area (Å²) in [6.07, 6.45) is 6.19. The van der Waals surface area contributed by atoms with Crippen LogP contribution in [0.2, 0.25) is 5.02 Å². The van der Waals surface area contributed by atoms with Crippen molar-refractivity contribution in [2.75, 3.05) is 18.6 Å². The van der Waals surface area contributed by atoms with E-state index in [1.807, 2.05) is 42.0 Å². The van der Waals surface area contributed by atoms with Crippen LogP contribution < -0.4 is 9.64 Å². The summed E-state index contributed by atoms with van der Waals surface area (Å²) in [6, 6.07) is 11.2. The third kappa shape index (κ3) is 5.01. The number of amides is 1. The molecule has 9 heteroatoms. The molecule has 0 saturated heterocycles. The van der Waals surface area contributed by atoms with Gasteiger partial charge in [-0.15, -0.1) is 12.4 Å². The van der Waals surface area contributed by atoms with E-state index in [0.717, 1.165) is 23.2 Å². The highest BCUT2D eigenvalue weighted by molar-refractivity contribution is 7.23. The van der Waals surface area contributed by atoms with E-state index in [1.165, 1.54) is 11.3 Å². The Morgan fingerprint density at radius 1 is 1.23 bits per heavy atom. The molecular weight excluding hydrogens is 455 g/mol. The number of carbonyl (C=O) groups excluding carboxylic acids is 1. The Morgan fingerprint density at radius 2 is 2.00 bits per heavy atom. The summed E-state index contributed by atoms with van der Waals surface area (Å²) >= 11 is 7.79. The molecular formula is C22H22Cl2N4O2S. The zero-order chi connectivity index (χ0) is 21.1. The first kappa shape index (κ1) is 23.1. The average molecular weight is 477 g/mol. The zero-order valence-electron chi connectivity index (χ0n) is 17.1. The lowest BCUT2D eigenvalue weighted by molar-refractivity contribution is 0.0986. The summed E-state index contributed by atoms with van der Waals surface area (Å²) in [6.45, 7) is 3.27. The molecule has 4 aromatic rings. The van der Waals surface area contributed by atoms with Crippen LogP contribution in [0, 0.1) is 6.92 Å². The molecule has 0 aliphatic carbocycles. The lowest BCUT2D eigenvalue weighted by Gasteiger charge is -2.20. The summed E-state index contributed by atoms with van der Waals surface area (Å²) in [5.74, 6) is 0.549. The number of anilines is 1. The molecule has 0 radical (unpaired) electrons. The molecule has 1 amide bonds. The molecule has 31 heavy (non-hydrogen) atoms. The normalized spacial score (nSPS) is 10.7. The highest BCUT2D eigenvalue weighted by atomic mass is 35.5. The van der Waals surface area contributed by atoms with Gasteiger partial charge < -0.3 is 9.30 Å². The maximum Gasteiger partial charge on any atom is 0.260 e. The Morgan fingerprint density at radius 3 is 2.68 bits per heavy atom. The van der Waals surface area contributed by atoms with E-state index >= 15 is 0 Å². The number of carbonyl (C=O) groups is 1. The number of rotatable bonds is 7. The van der Waals surface area contributed by atoms with E-state index in [1.54, 1.807) is 36.7 Å². The van der Waals surface area contributed by atoms with E-state index in [2.05, 4.69) is 4.98 Å². The van der Waals surface area contributed by atoms with Crippen molar-refractivity contribution in [2.24, 2.45) is 0 Å². The lowest BCUT2D eigenvalue weighted by Crippen LogP contribution is -2.32. The van der Waals surface area contributed by atoms with Crippen LogP contribution in [0.25, 0.3) is 10.2 Å². The number of aryl methyl sites for hydroxylation is 2. The van der Waals surface area contributed by atoms with E-state index in [0.29, 0.717) is 33.5 Å². The predicted molar refractivity (Wildman–Crippen MR) is 128 cm³/mol. The van der Waals surface area contributed by atoms with Gasteiger partial charge in [-0.2, -0.15) is 0 Å². The third-order valence-corrected chi connectivity index (χ3v) is 6.34. The lowest BCUT2D eigenvalue weighted by atomic mass is 10.1. The van der Waals surface area contributed by atoms with Crippen LogP contribution in [0.15, 0.2) is 55.1 Å². The topological polar surface area (TPSA) is 60.2 Å². The van der Waals surface area contributed by atoms with Crippen LogP contribution in [-0.2, 0) is 6.54 Å². The van der Waals surface area contributed by atoms with Crippen molar-refractivity contribution in [1.29, 1.82) is 0 Å². The average Bonchev–Trinajstić information content (AvgIpc) is 3.42. The number of thiazole rings is 1.